The van der Waals surface area contributed by atoms with Gasteiger partial charge in [-0.2, -0.15) is 12.6 Å². The number of carbonyl (C=O) groups excluding carboxylic acids is 4. The number of phosphoric ester groups is 1. The van der Waals surface area contributed by atoms with Gasteiger partial charge in [0.25, 0.3) is 0 Å². The fourth-order valence-electron chi connectivity index (χ4n) is 7.00. The zero-order valence-corrected chi connectivity index (χ0v) is 41.1. The van der Waals surface area contributed by atoms with Crippen LogP contribution in [0.5, 0.6) is 0 Å². The van der Waals surface area contributed by atoms with E-state index in [2.05, 4.69) is 37.1 Å². The molecule has 2 unspecified atom stereocenters. The average Bonchev–Trinajstić information content (AvgIpc) is 3.25. The summed E-state index contributed by atoms with van der Waals surface area (Å²) >= 11 is 3.98. The number of hydrogen-bond acceptors (Lipinski definition) is 11. The van der Waals surface area contributed by atoms with Crippen molar-refractivity contribution in [1.29, 1.82) is 0 Å². The van der Waals surface area contributed by atoms with Crippen LogP contribution in [0.25, 0.3) is 0 Å². The molecule has 0 saturated carbocycles. The zero-order valence-electron chi connectivity index (χ0n) is 39.3. The van der Waals surface area contributed by atoms with Crippen molar-refractivity contribution in [1.82, 2.24) is 10.6 Å². The van der Waals surface area contributed by atoms with E-state index in [1.165, 1.54) is 141 Å². The van der Waals surface area contributed by atoms with Crippen molar-refractivity contribution in [2.45, 2.75) is 232 Å². The number of nitrogens with one attached hydrogen (secondary N) is 2. The first-order valence-electron chi connectivity index (χ1n) is 24.9. The summed E-state index contributed by atoms with van der Waals surface area (Å²) in [6.45, 7) is 3.20. The van der Waals surface area contributed by atoms with E-state index >= 15 is 0 Å². The molecule has 0 heterocycles. The van der Waals surface area contributed by atoms with Gasteiger partial charge in [0.05, 0.1) is 19.8 Å². The van der Waals surface area contributed by atoms with Crippen LogP contribution in [0.15, 0.2) is 0 Å². The van der Waals surface area contributed by atoms with E-state index in [1.54, 1.807) is 0 Å². The third kappa shape index (κ3) is 44.7. The molecule has 0 aromatic rings. The molecule has 0 radical (unpaired) electrons. The molecular formula is C47H91N2O11PS. The Morgan fingerprint density at radius 2 is 0.903 bits per heavy atom. The number of hydrogen-bond donors (Lipinski definition) is 4. The summed E-state index contributed by atoms with van der Waals surface area (Å²) in [5.41, 5.74) is 0. The molecule has 13 nitrogen and oxygen atoms in total. The molecule has 0 saturated heterocycles. The maximum atomic E-state index is 12.8. The maximum absolute atomic E-state index is 12.8. The van der Waals surface area contributed by atoms with Crippen molar-refractivity contribution in [3.8, 4) is 0 Å². The summed E-state index contributed by atoms with van der Waals surface area (Å²) in [5, 5.41) is 4.94. The van der Waals surface area contributed by atoms with E-state index in [4.69, 9.17) is 23.3 Å². The molecule has 0 bridgehead atoms. The Hall–Kier alpha value is -1.86. The second kappa shape index (κ2) is 45.7. The molecule has 0 rings (SSSR count). The van der Waals surface area contributed by atoms with Gasteiger partial charge in [-0.3, -0.25) is 23.4 Å². The molecule has 366 valence electrons. The summed E-state index contributed by atoms with van der Waals surface area (Å²) in [6, 6.07) is 0. The normalized spacial score (nSPS) is 12.7. The number of carbonyl (C=O) groups is 4. The Morgan fingerprint density at radius 3 is 1.34 bits per heavy atom. The standard InChI is InChI=1S/C47H91N2O11PS/c1-3-5-7-9-11-13-15-17-19-21-23-25-27-29-31-33-45(51)57-41-43(42-59-61(54,55)58-39-37-49-47(53)56-38-36-48-44(50)35-40-62)60-46(52)34-32-30-28-26-24-22-20-18-16-14-12-10-8-6-4-2/h43,62H,3-42H2,1-2H3,(H,48,50)(H,49,53)(H,54,55). The van der Waals surface area contributed by atoms with Crippen LogP contribution < -0.4 is 10.6 Å². The van der Waals surface area contributed by atoms with Gasteiger partial charge in [-0.05, 0) is 18.6 Å². The second-order valence-electron chi connectivity index (χ2n) is 16.7. The first kappa shape index (κ1) is 60.1. The van der Waals surface area contributed by atoms with Crippen LogP contribution in [0.4, 0.5) is 4.79 Å². The maximum Gasteiger partial charge on any atom is 0.472 e. The van der Waals surface area contributed by atoms with Gasteiger partial charge in [-0.15, -0.1) is 0 Å². The molecule has 0 aliphatic heterocycles. The van der Waals surface area contributed by atoms with E-state index in [-0.39, 0.29) is 58.1 Å². The van der Waals surface area contributed by atoms with Crippen molar-refractivity contribution >= 4 is 44.4 Å². The molecule has 3 N–H and O–H groups in total. The minimum atomic E-state index is -4.62. The number of esters is 2. The Morgan fingerprint density at radius 1 is 0.500 bits per heavy atom. The monoisotopic (exact) mass is 923 g/mol. The second-order valence-corrected chi connectivity index (χ2v) is 18.6. The molecular weight excluding hydrogens is 832 g/mol. The van der Waals surface area contributed by atoms with Crippen molar-refractivity contribution < 1.29 is 51.9 Å². The molecule has 0 aliphatic rings. The van der Waals surface area contributed by atoms with E-state index < -0.39 is 38.6 Å². The zero-order chi connectivity index (χ0) is 45.6. The number of ether oxygens (including phenoxy) is 3. The summed E-state index contributed by atoms with van der Waals surface area (Å²) in [5.74, 6) is -0.722. The molecule has 0 aliphatic carbocycles. The van der Waals surface area contributed by atoms with Crippen LogP contribution in [0.3, 0.4) is 0 Å². The van der Waals surface area contributed by atoms with Gasteiger partial charge in [-0.1, -0.05) is 194 Å². The Balaban J connectivity index is 4.51. The summed E-state index contributed by atoms with van der Waals surface area (Å²) < 4.78 is 38.5. The predicted octanol–water partition coefficient (Wildman–Crippen LogP) is 12.3. The van der Waals surface area contributed by atoms with Crippen LogP contribution >= 0.6 is 20.5 Å². The highest BCUT2D eigenvalue weighted by molar-refractivity contribution is 7.80. The molecule has 2 amide bonds. The van der Waals surface area contributed by atoms with Crippen molar-refractivity contribution in [2.24, 2.45) is 0 Å². The van der Waals surface area contributed by atoms with Gasteiger partial charge in [0.2, 0.25) is 5.91 Å². The topological polar surface area (TPSA) is 176 Å². The molecule has 0 fully saturated rings. The largest absolute Gasteiger partial charge is 0.472 e. The molecule has 2 atom stereocenters. The quantitative estimate of drug-likeness (QED) is 0.0150. The van der Waals surface area contributed by atoms with Crippen LogP contribution in [-0.2, 0) is 42.2 Å². The number of alkyl carbamates (subject to hydrolysis) is 1. The first-order chi connectivity index (χ1) is 30.1. The van der Waals surface area contributed by atoms with Crippen LogP contribution in [0.2, 0.25) is 0 Å². The minimum absolute atomic E-state index is 0.0593. The van der Waals surface area contributed by atoms with E-state index in [1.807, 2.05) is 0 Å². The lowest BCUT2D eigenvalue weighted by Gasteiger charge is -2.20. The number of amides is 2. The van der Waals surface area contributed by atoms with Crippen molar-refractivity contribution in [3.63, 3.8) is 0 Å². The highest BCUT2D eigenvalue weighted by atomic mass is 32.1. The smallest absolute Gasteiger partial charge is 0.462 e. The Labute approximate surface area is 382 Å². The third-order valence-electron chi connectivity index (χ3n) is 10.7. The van der Waals surface area contributed by atoms with Gasteiger partial charge in [-0.25, -0.2) is 9.36 Å². The Kier molecular flexibility index (Phi) is 44.3. The van der Waals surface area contributed by atoms with E-state index in [0.717, 1.165) is 38.5 Å². The van der Waals surface area contributed by atoms with E-state index in [9.17, 15) is 28.6 Å². The van der Waals surface area contributed by atoms with Gasteiger partial charge in [0, 0.05) is 25.8 Å². The number of thiol groups is 1. The molecule has 0 aromatic carbocycles. The van der Waals surface area contributed by atoms with Gasteiger partial charge in [0.15, 0.2) is 6.10 Å². The first-order valence-corrected chi connectivity index (χ1v) is 27.0. The highest BCUT2D eigenvalue weighted by Crippen LogP contribution is 2.43. The predicted molar refractivity (Wildman–Crippen MR) is 252 cm³/mol. The number of unbranched alkanes of at least 4 members (excludes halogenated alkanes) is 28. The Bertz CT molecular complexity index is 1120. The summed E-state index contributed by atoms with van der Waals surface area (Å²) in [6.07, 6.45) is 35.4. The number of rotatable bonds is 47. The van der Waals surface area contributed by atoms with Gasteiger partial charge < -0.3 is 29.7 Å². The van der Waals surface area contributed by atoms with Crippen molar-refractivity contribution in [3.05, 3.63) is 0 Å². The van der Waals surface area contributed by atoms with Crippen LogP contribution in [0, 0.1) is 0 Å². The summed E-state index contributed by atoms with van der Waals surface area (Å²) in [7, 11) is -4.62. The third-order valence-corrected chi connectivity index (χ3v) is 12.0. The van der Waals surface area contributed by atoms with Crippen LogP contribution in [-0.4, -0.2) is 80.2 Å². The van der Waals surface area contributed by atoms with E-state index in [0.29, 0.717) is 18.6 Å². The lowest BCUT2D eigenvalue weighted by atomic mass is 10.0. The fourth-order valence-corrected chi connectivity index (χ4v) is 7.96. The molecule has 0 aromatic heterocycles. The van der Waals surface area contributed by atoms with Gasteiger partial charge in [0.1, 0.15) is 13.2 Å². The summed E-state index contributed by atoms with van der Waals surface area (Å²) in [4.78, 5) is 58.8. The van der Waals surface area contributed by atoms with Gasteiger partial charge >= 0.3 is 25.9 Å². The molecule has 62 heavy (non-hydrogen) atoms. The lowest BCUT2D eigenvalue weighted by molar-refractivity contribution is -0.161. The highest BCUT2D eigenvalue weighted by Gasteiger charge is 2.26. The minimum Gasteiger partial charge on any atom is -0.462 e. The SMILES string of the molecule is CCCCCCCCCCCCCCCCCC(=O)OCC(COP(=O)(O)OCCNC(=O)OCCNC(=O)CCS)OC(=O)CCCCCCCCCCCCCCCCC. The lowest BCUT2D eigenvalue weighted by Crippen LogP contribution is -2.32. The molecule has 0 spiro atoms. The fraction of sp³-hybridized carbons (Fsp3) is 0.915. The van der Waals surface area contributed by atoms with Crippen molar-refractivity contribution in [2.75, 3.05) is 45.3 Å². The average molecular weight is 923 g/mol. The van der Waals surface area contributed by atoms with Crippen LogP contribution in [0.1, 0.15) is 226 Å². The molecule has 15 heteroatoms. The number of phosphoric acid groups is 1.